The van der Waals surface area contributed by atoms with E-state index in [2.05, 4.69) is 43.9 Å². The van der Waals surface area contributed by atoms with E-state index in [-0.39, 0.29) is 6.10 Å². The molecular formula is C20H29BrN2O2. The summed E-state index contributed by atoms with van der Waals surface area (Å²) in [6.45, 7) is 10.3. The Kier molecular flexibility index (Phi) is 5.22. The largest absolute Gasteiger partial charge is 0.348 e. The van der Waals surface area contributed by atoms with Gasteiger partial charge in [-0.25, -0.2) is 0 Å². The Labute approximate surface area is 159 Å². The number of rotatable bonds is 3. The van der Waals surface area contributed by atoms with E-state index in [1.807, 2.05) is 13.8 Å². The molecule has 1 aromatic rings. The molecule has 2 fully saturated rings. The summed E-state index contributed by atoms with van der Waals surface area (Å²) in [5, 5.41) is 0. The van der Waals surface area contributed by atoms with Crippen molar-refractivity contribution in [3.05, 3.63) is 33.8 Å². The highest BCUT2D eigenvalue weighted by atomic mass is 79.9. The van der Waals surface area contributed by atoms with Gasteiger partial charge in [0, 0.05) is 43.2 Å². The minimum absolute atomic E-state index is 0.217. The van der Waals surface area contributed by atoms with Crippen molar-refractivity contribution in [2.24, 2.45) is 0 Å². The van der Waals surface area contributed by atoms with Crippen molar-refractivity contribution < 1.29 is 9.47 Å². The van der Waals surface area contributed by atoms with E-state index in [0.29, 0.717) is 6.04 Å². The first kappa shape index (κ1) is 17.9. The summed E-state index contributed by atoms with van der Waals surface area (Å²) >= 11 is 3.62. The van der Waals surface area contributed by atoms with Gasteiger partial charge in [-0.15, -0.1) is 0 Å². The molecule has 25 heavy (non-hydrogen) atoms. The fourth-order valence-corrected chi connectivity index (χ4v) is 4.94. The second-order valence-corrected chi connectivity index (χ2v) is 8.95. The highest BCUT2D eigenvalue weighted by molar-refractivity contribution is 9.10. The first-order chi connectivity index (χ1) is 12.0. The van der Waals surface area contributed by atoms with Crippen molar-refractivity contribution in [2.45, 2.75) is 51.0 Å². The minimum atomic E-state index is -0.410. The van der Waals surface area contributed by atoms with Gasteiger partial charge in [-0.1, -0.05) is 22.0 Å². The molecule has 0 N–H and O–H groups in total. The Morgan fingerprint density at radius 1 is 1.20 bits per heavy atom. The van der Waals surface area contributed by atoms with Gasteiger partial charge < -0.3 is 9.47 Å². The summed E-state index contributed by atoms with van der Waals surface area (Å²) in [5.74, 6) is -0.410. The smallest absolute Gasteiger partial charge is 0.163 e. The second-order valence-electron chi connectivity index (χ2n) is 8.04. The van der Waals surface area contributed by atoms with Gasteiger partial charge in [-0.3, -0.25) is 9.80 Å². The van der Waals surface area contributed by atoms with Crippen LogP contribution >= 0.6 is 15.9 Å². The molecule has 0 radical (unpaired) electrons. The van der Waals surface area contributed by atoms with Gasteiger partial charge in [-0.2, -0.15) is 0 Å². The maximum atomic E-state index is 5.97. The van der Waals surface area contributed by atoms with Gasteiger partial charge in [0.15, 0.2) is 5.79 Å². The monoisotopic (exact) mass is 408 g/mol. The van der Waals surface area contributed by atoms with Crippen molar-refractivity contribution in [2.75, 3.05) is 39.3 Å². The minimum Gasteiger partial charge on any atom is -0.348 e. The van der Waals surface area contributed by atoms with E-state index in [4.69, 9.17) is 9.47 Å². The number of halogens is 1. The number of hydrogen-bond donors (Lipinski definition) is 0. The van der Waals surface area contributed by atoms with E-state index in [1.54, 1.807) is 5.56 Å². The van der Waals surface area contributed by atoms with Crippen LogP contribution in [-0.4, -0.2) is 61.0 Å². The zero-order valence-corrected chi connectivity index (χ0v) is 16.9. The quantitative estimate of drug-likeness (QED) is 0.762. The highest BCUT2D eigenvalue weighted by Gasteiger charge is 2.35. The van der Waals surface area contributed by atoms with Crippen molar-refractivity contribution in [3.63, 3.8) is 0 Å². The predicted molar refractivity (Wildman–Crippen MR) is 103 cm³/mol. The molecule has 0 amide bonds. The number of aryl methyl sites for hydroxylation is 1. The summed E-state index contributed by atoms with van der Waals surface area (Å²) in [5.41, 5.74) is 3.09. The zero-order chi connectivity index (χ0) is 17.4. The molecule has 3 aliphatic rings. The van der Waals surface area contributed by atoms with Crippen LogP contribution in [0.1, 0.15) is 43.9 Å². The molecule has 4 nitrogen and oxygen atoms in total. The topological polar surface area (TPSA) is 24.9 Å². The lowest BCUT2D eigenvalue weighted by Gasteiger charge is -2.42. The van der Waals surface area contributed by atoms with Gasteiger partial charge in [0.1, 0.15) is 0 Å². The molecule has 2 saturated heterocycles. The Bertz CT molecular complexity index is 614. The van der Waals surface area contributed by atoms with Crippen molar-refractivity contribution >= 4 is 15.9 Å². The third kappa shape index (κ3) is 4.11. The van der Waals surface area contributed by atoms with Crippen molar-refractivity contribution in [1.82, 2.24) is 9.80 Å². The van der Waals surface area contributed by atoms with Crippen LogP contribution in [-0.2, 0) is 15.9 Å². The SMILES string of the molecule is CC1(C)OC[C@H](CN2CCN([C@@H]3CCCc4cc(Br)ccc43)CC2)O1. The van der Waals surface area contributed by atoms with Gasteiger partial charge in [0.2, 0.25) is 0 Å². The average molecular weight is 409 g/mol. The van der Waals surface area contributed by atoms with Gasteiger partial charge in [-0.05, 0) is 56.4 Å². The Morgan fingerprint density at radius 3 is 2.72 bits per heavy atom. The van der Waals surface area contributed by atoms with E-state index in [0.717, 1.165) is 39.3 Å². The molecule has 0 spiro atoms. The van der Waals surface area contributed by atoms with Gasteiger partial charge >= 0.3 is 0 Å². The van der Waals surface area contributed by atoms with Crippen LogP contribution in [0.5, 0.6) is 0 Å². The Morgan fingerprint density at radius 2 is 2.00 bits per heavy atom. The van der Waals surface area contributed by atoms with Crippen LogP contribution in [0.15, 0.2) is 22.7 Å². The molecule has 2 heterocycles. The van der Waals surface area contributed by atoms with Crippen LogP contribution in [0.3, 0.4) is 0 Å². The lowest BCUT2D eigenvalue weighted by molar-refractivity contribution is -0.141. The van der Waals surface area contributed by atoms with Gasteiger partial charge in [0.05, 0.1) is 12.7 Å². The van der Waals surface area contributed by atoms with Crippen LogP contribution in [0.4, 0.5) is 0 Å². The summed E-state index contributed by atoms with van der Waals surface area (Å²) < 4.78 is 12.9. The zero-order valence-electron chi connectivity index (χ0n) is 15.3. The van der Waals surface area contributed by atoms with Gasteiger partial charge in [0.25, 0.3) is 0 Å². The van der Waals surface area contributed by atoms with Crippen LogP contribution in [0.2, 0.25) is 0 Å². The molecule has 0 aromatic heterocycles. The maximum absolute atomic E-state index is 5.97. The summed E-state index contributed by atoms with van der Waals surface area (Å²) in [6, 6.07) is 7.45. The fraction of sp³-hybridized carbons (Fsp3) is 0.700. The number of benzene rings is 1. The number of piperazine rings is 1. The second kappa shape index (κ2) is 7.28. The van der Waals surface area contributed by atoms with Crippen molar-refractivity contribution in [1.29, 1.82) is 0 Å². The molecule has 2 aliphatic heterocycles. The van der Waals surface area contributed by atoms with Crippen LogP contribution in [0.25, 0.3) is 0 Å². The molecule has 0 unspecified atom stereocenters. The van der Waals surface area contributed by atoms with Crippen LogP contribution < -0.4 is 0 Å². The third-order valence-electron chi connectivity index (χ3n) is 5.76. The Hall–Kier alpha value is -0.460. The maximum Gasteiger partial charge on any atom is 0.163 e. The number of nitrogens with zero attached hydrogens (tertiary/aromatic N) is 2. The lowest BCUT2D eigenvalue weighted by Crippen LogP contribution is -2.50. The molecule has 1 aliphatic carbocycles. The summed E-state index contributed by atoms with van der Waals surface area (Å²) in [7, 11) is 0. The molecule has 4 rings (SSSR count). The summed E-state index contributed by atoms with van der Waals surface area (Å²) in [4.78, 5) is 5.23. The number of fused-ring (bicyclic) bond motifs is 1. The van der Waals surface area contributed by atoms with E-state index in [1.165, 1.54) is 29.3 Å². The molecular weight excluding hydrogens is 380 g/mol. The molecule has 1 aromatic carbocycles. The van der Waals surface area contributed by atoms with E-state index in [9.17, 15) is 0 Å². The first-order valence-corrected chi connectivity index (χ1v) is 10.4. The number of hydrogen-bond acceptors (Lipinski definition) is 4. The summed E-state index contributed by atoms with van der Waals surface area (Å²) in [6.07, 6.45) is 4.04. The average Bonchev–Trinajstić information content (AvgIpc) is 2.93. The Balaban J connectivity index is 1.34. The highest BCUT2D eigenvalue weighted by Crippen LogP contribution is 2.36. The molecule has 138 valence electrons. The normalized spacial score (nSPS) is 30.4. The molecule has 0 bridgehead atoms. The van der Waals surface area contributed by atoms with E-state index >= 15 is 0 Å². The van der Waals surface area contributed by atoms with E-state index < -0.39 is 5.79 Å². The fourth-order valence-electron chi connectivity index (χ4n) is 4.54. The molecule has 5 heteroatoms. The molecule has 2 atom stereocenters. The lowest BCUT2D eigenvalue weighted by atomic mass is 9.86. The predicted octanol–water partition coefficient (Wildman–Crippen LogP) is 3.60. The molecule has 0 saturated carbocycles. The standard InChI is InChI=1S/C20H29BrN2O2/c1-20(2)24-14-17(25-20)13-22-8-10-23(11-9-22)19-5-3-4-15-12-16(21)6-7-18(15)19/h6-7,12,17,19H,3-5,8-11,13-14H2,1-2H3/t17-,19+/m0/s1. The number of ether oxygens (including phenoxy) is 2. The van der Waals surface area contributed by atoms with Crippen molar-refractivity contribution in [3.8, 4) is 0 Å². The third-order valence-corrected chi connectivity index (χ3v) is 6.26. The first-order valence-electron chi connectivity index (χ1n) is 9.57. The van der Waals surface area contributed by atoms with Crippen LogP contribution in [0, 0.1) is 0 Å².